The molecule has 2 aromatic heterocycles. The van der Waals surface area contributed by atoms with Crippen molar-refractivity contribution in [2.24, 2.45) is 0 Å². The van der Waals surface area contributed by atoms with Gasteiger partial charge in [0.1, 0.15) is 0 Å². The summed E-state index contributed by atoms with van der Waals surface area (Å²) in [5.74, 6) is 0. The summed E-state index contributed by atoms with van der Waals surface area (Å²) in [6.45, 7) is 0. The minimum Gasteiger partial charge on any atom is -0.309 e. The highest BCUT2D eigenvalue weighted by Crippen LogP contribution is 2.63. The third kappa shape index (κ3) is 6.51. The van der Waals surface area contributed by atoms with Gasteiger partial charge in [0.15, 0.2) is 0 Å². The number of nitrogens with zero attached hydrogens (tertiary/aromatic N) is 2. The Morgan fingerprint density at radius 2 is 0.650 bits per heavy atom. The van der Waals surface area contributed by atoms with Gasteiger partial charge < -0.3 is 4.57 Å². The van der Waals surface area contributed by atoms with Gasteiger partial charge in [-0.15, -0.1) is 0 Å². The van der Waals surface area contributed by atoms with Crippen LogP contribution in [0.5, 0.6) is 0 Å². The van der Waals surface area contributed by atoms with Crippen LogP contribution < -0.4 is 0 Å². The molecule has 0 atom stereocenters. The Hall–Kier alpha value is -10.4. The van der Waals surface area contributed by atoms with E-state index in [0.29, 0.717) is 0 Å². The number of aromatic nitrogens is 2. The van der Waals surface area contributed by atoms with Crippen LogP contribution in [0.15, 0.2) is 291 Å². The first kappa shape index (κ1) is 44.7. The Morgan fingerprint density at radius 3 is 1.27 bits per heavy atom. The van der Waals surface area contributed by atoms with Gasteiger partial charge in [0.25, 0.3) is 0 Å². The molecule has 2 heteroatoms. The van der Waals surface area contributed by atoms with Crippen LogP contribution in [0.1, 0.15) is 22.3 Å². The van der Waals surface area contributed by atoms with Gasteiger partial charge in [0.05, 0.1) is 27.8 Å². The van der Waals surface area contributed by atoms with Gasteiger partial charge in [0, 0.05) is 27.6 Å². The lowest BCUT2D eigenvalue weighted by Gasteiger charge is -2.30. The Labute approximate surface area is 463 Å². The normalized spacial score (nSPS) is 12.8. The molecule has 370 valence electrons. The minimum absolute atomic E-state index is 0.474. The summed E-state index contributed by atoms with van der Waals surface area (Å²) in [7, 11) is 0. The summed E-state index contributed by atoms with van der Waals surface area (Å²) in [5, 5.41) is 9.97. The molecule has 2 nitrogen and oxygen atoms in total. The quantitative estimate of drug-likeness (QED) is 0.152. The fourth-order valence-electron chi connectivity index (χ4n) is 14.1. The average Bonchev–Trinajstić information content (AvgIpc) is 4.15. The highest BCUT2D eigenvalue weighted by Gasteiger charge is 2.51. The SMILES string of the molecule is c1ccc(-c2cc(-c3cc(-c4ccc5c6ccccc6c6ccccc6c5c4)cc(-n4c5ccccc5c5ccc(-c6ccccc6)cc54)c3)nc(-c3ccc4c(c3)C3(c5ccccc5-c5ccccc53)c3ccccc3-4)c2)cc1. The number of hydrogen-bond donors (Lipinski definition) is 0. The zero-order valence-electron chi connectivity index (χ0n) is 43.6. The fourth-order valence-corrected chi connectivity index (χ4v) is 14.1. The molecule has 0 amide bonds. The van der Waals surface area contributed by atoms with Gasteiger partial charge in [-0.1, -0.05) is 237 Å². The van der Waals surface area contributed by atoms with Gasteiger partial charge >= 0.3 is 0 Å². The maximum atomic E-state index is 5.83. The number of fused-ring (bicyclic) bond motifs is 19. The number of pyridine rings is 1. The van der Waals surface area contributed by atoms with E-state index >= 15 is 0 Å². The Bertz CT molecular complexity index is 4960. The third-order valence-corrected chi connectivity index (χ3v) is 17.6. The molecule has 0 aliphatic heterocycles. The number of benzene rings is 13. The molecule has 0 saturated carbocycles. The smallest absolute Gasteiger partial charge is 0.0725 e. The van der Waals surface area contributed by atoms with Crippen molar-refractivity contribution in [3.63, 3.8) is 0 Å². The van der Waals surface area contributed by atoms with Crippen molar-refractivity contribution in [2.45, 2.75) is 5.41 Å². The molecule has 0 bridgehead atoms. The van der Waals surface area contributed by atoms with Crippen LogP contribution in [0.2, 0.25) is 0 Å². The van der Waals surface area contributed by atoms with Crippen LogP contribution in [-0.2, 0) is 5.41 Å². The first-order valence-electron chi connectivity index (χ1n) is 27.8. The Kier molecular flexibility index (Phi) is 9.66. The lowest BCUT2D eigenvalue weighted by molar-refractivity contribution is 0.794. The van der Waals surface area contributed by atoms with E-state index < -0.39 is 5.41 Å². The minimum atomic E-state index is -0.474. The first-order chi connectivity index (χ1) is 39.7. The van der Waals surface area contributed by atoms with Crippen molar-refractivity contribution in [3.8, 4) is 83.8 Å². The summed E-state index contributed by atoms with van der Waals surface area (Å²) >= 11 is 0. The van der Waals surface area contributed by atoms with Crippen molar-refractivity contribution in [1.82, 2.24) is 9.55 Å². The predicted molar refractivity (Wildman–Crippen MR) is 335 cm³/mol. The molecule has 1 spiro atoms. The number of rotatable bonds is 6. The summed E-state index contributed by atoms with van der Waals surface area (Å²) in [6, 6.07) is 108. The molecule has 80 heavy (non-hydrogen) atoms. The van der Waals surface area contributed by atoms with Crippen LogP contribution >= 0.6 is 0 Å². The second-order valence-corrected chi connectivity index (χ2v) is 21.7. The van der Waals surface area contributed by atoms with Crippen molar-refractivity contribution in [1.29, 1.82) is 0 Å². The highest BCUT2D eigenvalue weighted by atomic mass is 15.0. The first-order valence-corrected chi connectivity index (χ1v) is 27.8. The summed E-state index contributed by atoms with van der Waals surface area (Å²) < 4.78 is 2.48. The number of hydrogen-bond acceptors (Lipinski definition) is 1. The van der Waals surface area contributed by atoms with Gasteiger partial charge in [0.2, 0.25) is 0 Å². The second kappa shape index (κ2) is 17.3. The summed E-state index contributed by atoms with van der Waals surface area (Å²) in [6.07, 6.45) is 0. The standard InChI is InChI=1S/C78H48N2/c1-3-19-49(20-4-1)52-36-40-68-67-30-14-18-34-76(67)80(77(68)48-52)57-42-54(51-35-38-62-60-25-8-7-23-58(60)59-24-9-10-26-61(59)69(62)44-51)41-56(43-57)75-47-55(50-21-5-2-6-22-50)46-74(79-75)53-37-39-66-65-29-13-17-33-72(65)78(73(66)45-53)70-31-15-11-27-63(70)64-28-12-16-32-71(64)78/h1-48H. The van der Waals surface area contributed by atoms with E-state index in [1.165, 1.54) is 98.7 Å². The van der Waals surface area contributed by atoms with E-state index in [2.05, 4.69) is 296 Å². The Balaban J connectivity index is 0.926. The Morgan fingerprint density at radius 1 is 0.225 bits per heavy atom. The van der Waals surface area contributed by atoms with E-state index in [9.17, 15) is 0 Å². The maximum absolute atomic E-state index is 5.83. The largest absolute Gasteiger partial charge is 0.309 e. The van der Waals surface area contributed by atoms with Gasteiger partial charge in [-0.3, -0.25) is 0 Å². The van der Waals surface area contributed by atoms with Gasteiger partial charge in [-0.2, -0.15) is 0 Å². The molecule has 0 unspecified atom stereocenters. The zero-order valence-corrected chi connectivity index (χ0v) is 43.6. The molecular weight excluding hydrogens is 965 g/mol. The molecule has 0 fully saturated rings. The average molecular weight is 1010 g/mol. The molecule has 2 heterocycles. The molecule has 17 rings (SSSR count). The molecule has 0 saturated heterocycles. The zero-order chi connectivity index (χ0) is 52.5. The summed E-state index contributed by atoms with van der Waals surface area (Å²) in [4.78, 5) is 5.83. The van der Waals surface area contributed by atoms with Crippen molar-refractivity contribution < 1.29 is 0 Å². The molecule has 2 aliphatic carbocycles. The van der Waals surface area contributed by atoms with Crippen molar-refractivity contribution >= 4 is 54.1 Å². The molecule has 13 aromatic carbocycles. The van der Waals surface area contributed by atoms with Crippen molar-refractivity contribution in [3.05, 3.63) is 313 Å². The molecule has 0 radical (unpaired) electrons. The summed E-state index contributed by atoms with van der Waals surface area (Å²) in [5.41, 5.74) is 24.2. The molecular formula is C78H48N2. The second-order valence-electron chi connectivity index (χ2n) is 21.7. The van der Waals surface area contributed by atoms with Gasteiger partial charge in [-0.25, -0.2) is 4.98 Å². The maximum Gasteiger partial charge on any atom is 0.0725 e. The third-order valence-electron chi connectivity index (χ3n) is 17.6. The number of para-hydroxylation sites is 1. The molecule has 0 N–H and O–H groups in total. The predicted octanol–water partition coefficient (Wildman–Crippen LogP) is 20.3. The van der Waals surface area contributed by atoms with Crippen molar-refractivity contribution in [2.75, 3.05) is 0 Å². The van der Waals surface area contributed by atoms with Crippen LogP contribution in [0, 0.1) is 0 Å². The topological polar surface area (TPSA) is 17.8 Å². The lowest BCUT2D eigenvalue weighted by atomic mass is 9.70. The van der Waals surface area contributed by atoms with E-state index in [-0.39, 0.29) is 0 Å². The van der Waals surface area contributed by atoms with Gasteiger partial charge in [-0.05, 0) is 165 Å². The highest BCUT2D eigenvalue weighted by molar-refractivity contribution is 6.26. The van der Waals surface area contributed by atoms with E-state index in [0.717, 1.165) is 61.5 Å². The van der Waals surface area contributed by atoms with E-state index in [4.69, 9.17) is 4.98 Å². The van der Waals surface area contributed by atoms with Crippen LogP contribution in [-0.4, -0.2) is 9.55 Å². The fraction of sp³-hybridized carbons (Fsp3) is 0.0128. The molecule has 2 aliphatic rings. The van der Waals surface area contributed by atoms with Crippen LogP contribution in [0.4, 0.5) is 0 Å². The monoisotopic (exact) mass is 1010 g/mol. The van der Waals surface area contributed by atoms with Crippen LogP contribution in [0.3, 0.4) is 0 Å². The van der Waals surface area contributed by atoms with E-state index in [1.807, 2.05) is 0 Å². The lowest BCUT2D eigenvalue weighted by Crippen LogP contribution is -2.25. The van der Waals surface area contributed by atoms with E-state index in [1.54, 1.807) is 0 Å². The van der Waals surface area contributed by atoms with Crippen LogP contribution in [0.25, 0.3) is 138 Å². The molecule has 15 aromatic rings.